The molecule has 2 rings (SSSR count). The SMILES string of the molecule is CCCn1cnnc1-c1cc(C)cc(C)c1N. The minimum Gasteiger partial charge on any atom is -0.398 e. The van der Waals surface area contributed by atoms with E-state index in [0.717, 1.165) is 35.6 Å². The fraction of sp³-hybridized carbons (Fsp3) is 0.385. The Bertz CT molecular complexity index is 528. The van der Waals surface area contributed by atoms with E-state index in [0.29, 0.717) is 0 Å². The molecule has 4 heteroatoms. The zero-order chi connectivity index (χ0) is 12.4. The van der Waals surface area contributed by atoms with Crippen LogP contribution in [0, 0.1) is 13.8 Å². The lowest BCUT2D eigenvalue weighted by molar-refractivity contribution is 0.683. The molecular weight excluding hydrogens is 212 g/mol. The Kier molecular flexibility index (Phi) is 3.13. The predicted octanol–water partition coefficient (Wildman–Crippen LogP) is 2.55. The lowest BCUT2D eigenvalue weighted by Crippen LogP contribution is -2.02. The summed E-state index contributed by atoms with van der Waals surface area (Å²) in [6.07, 6.45) is 2.81. The lowest BCUT2D eigenvalue weighted by atomic mass is 10.0. The van der Waals surface area contributed by atoms with E-state index < -0.39 is 0 Å². The van der Waals surface area contributed by atoms with Crippen LogP contribution in [0.5, 0.6) is 0 Å². The Labute approximate surface area is 101 Å². The molecule has 1 heterocycles. The van der Waals surface area contributed by atoms with Gasteiger partial charge in [-0.15, -0.1) is 10.2 Å². The molecule has 0 fully saturated rings. The van der Waals surface area contributed by atoms with Crippen molar-refractivity contribution in [2.45, 2.75) is 33.7 Å². The van der Waals surface area contributed by atoms with Gasteiger partial charge in [0.25, 0.3) is 0 Å². The van der Waals surface area contributed by atoms with E-state index >= 15 is 0 Å². The number of aryl methyl sites for hydroxylation is 3. The molecule has 1 aromatic carbocycles. The highest BCUT2D eigenvalue weighted by Crippen LogP contribution is 2.28. The summed E-state index contributed by atoms with van der Waals surface area (Å²) in [6, 6.07) is 4.15. The molecule has 0 atom stereocenters. The number of aromatic nitrogens is 3. The summed E-state index contributed by atoms with van der Waals surface area (Å²) in [4.78, 5) is 0. The molecule has 90 valence electrons. The summed E-state index contributed by atoms with van der Waals surface area (Å²) in [5, 5.41) is 8.16. The first-order chi connectivity index (χ1) is 8.13. The molecule has 4 nitrogen and oxygen atoms in total. The fourth-order valence-corrected chi connectivity index (χ4v) is 2.03. The molecule has 0 unspecified atom stereocenters. The van der Waals surface area contributed by atoms with Crippen LogP contribution >= 0.6 is 0 Å². The first-order valence-electron chi connectivity index (χ1n) is 5.88. The standard InChI is InChI=1S/C13H18N4/c1-4-5-17-8-15-16-13(17)11-7-9(2)6-10(3)12(11)14/h6-8H,4-5,14H2,1-3H3. The number of nitrogens with two attached hydrogens (primary N) is 1. The number of benzene rings is 1. The van der Waals surface area contributed by atoms with Gasteiger partial charge in [0.15, 0.2) is 5.82 Å². The Morgan fingerprint density at radius 1 is 1.29 bits per heavy atom. The van der Waals surface area contributed by atoms with Gasteiger partial charge in [0, 0.05) is 17.8 Å². The maximum Gasteiger partial charge on any atom is 0.165 e. The van der Waals surface area contributed by atoms with Crippen molar-refractivity contribution in [3.8, 4) is 11.4 Å². The van der Waals surface area contributed by atoms with E-state index in [2.05, 4.69) is 36.2 Å². The first-order valence-corrected chi connectivity index (χ1v) is 5.88. The van der Waals surface area contributed by atoms with E-state index in [1.165, 1.54) is 5.56 Å². The smallest absolute Gasteiger partial charge is 0.165 e. The third-order valence-electron chi connectivity index (χ3n) is 2.85. The van der Waals surface area contributed by atoms with Crippen LogP contribution in [-0.2, 0) is 6.54 Å². The van der Waals surface area contributed by atoms with Gasteiger partial charge in [0.05, 0.1) is 0 Å². The number of nitrogen functional groups attached to an aromatic ring is 1. The second-order valence-corrected chi connectivity index (χ2v) is 4.39. The molecule has 0 saturated heterocycles. The Hall–Kier alpha value is -1.84. The van der Waals surface area contributed by atoms with E-state index in [-0.39, 0.29) is 0 Å². The Morgan fingerprint density at radius 2 is 2.06 bits per heavy atom. The number of rotatable bonds is 3. The molecule has 0 bridgehead atoms. The molecule has 0 aliphatic heterocycles. The largest absolute Gasteiger partial charge is 0.398 e. The number of nitrogens with zero attached hydrogens (tertiary/aromatic N) is 3. The van der Waals surface area contributed by atoms with Gasteiger partial charge in [0.1, 0.15) is 6.33 Å². The number of anilines is 1. The molecule has 0 aliphatic carbocycles. The van der Waals surface area contributed by atoms with Gasteiger partial charge in [-0.05, 0) is 37.5 Å². The van der Waals surface area contributed by atoms with Crippen molar-refractivity contribution in [1.29, 1.82) is 0 Å². The third kappa shape index (κ3) is 2.16. The highest BCUT2D eigenvalue weighted by molar-refractivity contribution is 5.75. The van der Waals surface area contributed by atoms with Gasteiger partial charge in [-0.2, -0.15) is 0 Å². The summed E-state index contributed by atoms with van der Waals surface area (Å²) in [7, 11) is 0. The van der Waals surface area contributed by atoms with Crippen molar-refractivity contribution in [2.24, 2.45) is 0 Å². The minimum absolute atomic E-state index is 0.793. The van der Waals surface area contributed by atoms with Gasteiger partial charge in [-0.3, -0.25) is 0 Å². The van der Waals surface area contributed by atoms with Gasteiger partial charge in [-0.25, -0.2) is 0 Å². The van der Waals surface area contributed by atoms with Gasteiger partial charge >= 0.3 is 0 Å². The first kappa shape index (κ1) is 11.6. The lowest BCUT2D eigenvalue weighted by Gasteiger charge is -2.10. The average Bonchev–Trinajstić information content (AvgIpc) is 2.72. The summed E-state index contributed by atoms with van der Waals surface area (Å²) >= 11 is 0. The normalized spacial score (nSPS) is 10.8. The number of hydrogen-bond donors (Lipinski definition) is 1. The van der Waals surface area contributed by atoms with Gasteiger partial charge < -0.3 is 10.3 Å². The monoisotopic (exact) mass is 230 g/mol. The molecule has 2 aromatic rings. The van der Waals surface area contributed by atoms with Crippen LogP contribution in [0.4, 0.5) is 5.69 Å². The molecule has 1 aromatic heterocycles. The summed E-state index contributed by atoms with van der Waals surface area (Å²) in [6.45, 7) is 7.13. The predicted molar refractivity (Wildman–Crippen MR) is 69.6 cm³/mol. The van der Waals surface area contributed by atoms with Crippen molar-refractivity contribution in [1.82, 2.24) is 14.8 Å². The molecule has 17 heavy (non-hydrogen) atoms. The van der Waals surface area contributed by atoms with Crippen LogP contribution < -0.4 is 5.73 Å². The summed E-state index contributed by atoms with van der Waals surface area (Å²) in [5.41, 5.74) is 10.2. The van der Waals surface area contributed by atoms with Crippen molar-refractivity contribution in [3.63, 3.8) is 0 Å². The molecule has 0 saturated carbocycles. The molecule has 0 radical (unpaired) electrons. The van der Waals surface area contributed by atoms with Crippen LogP contribution in [0.3, 0.4) is 0 Å². The second-order valence-electron chi connectivity index (χ2n) is 4.39. The maximum atomic E-state index is 6.13. The molecular formula is C13H18N4. The fourth-order valence-electron chi connectivity index (χ4n) is 2.03. The highest BCUT2D eigenvalue weighted by Gasteiger charge is 2.12. The van der Waals surface area contributed by atoms with E-state index in [1.807, 2.05) is 11.5 Å². The van der Waals surface area contributed by atoms with Crippen LogP contribution in [0.15, 0.2) is 18.5 Å². The topological polar surface area (TPSA) is 56.7 Å². The molecule has 0 aliphatic rings. The van der Waals surface area contributed by atoms with Crippen LogP contribution in [0.1, 0.15) is 24.5 Å². The maximum absolute atomic E-state index is 6.13. The second kappa shape index (κ2) is 4.57. The summed E-state index contributed by atoms with van der Waals surface area (Å²) in [5.74, 6) is 0.858. The zero-order valence-electron chi connectivity index (χ0n) is 10.6. The molecule has 0 amide bonds. The van der Waals surface area contributed by atoms with Crippen LogP contribution in [0.25, 0.3) is 11.4 Å². The summed E-state index contributed by atoms with van der Waals surface area (Å²) < 4.78 is 2.05. The minimum atomic E-state index is 0.793. The van der Waals surface area contributed by atoms with Crippen LogP contribution in [-0.4, -0.2) is 14.8 Å². The zero-order valence-corrected chi connectivity index (χ0v) is 10.6. The molecule has 2 N–H and O–H groups in total. The number of hydrogen-bond acceptors (Lipinski definition) is 3. The quantitative estimate of drug-likeness (QED) is 0.824. The Morgan fingerprint density at radius 3 is 2.76 bits per heavy atom. The van der Waals surface area contributed by atoms with Crippen molar-refractivity contribution in [3.05, 3.63) is 29.6 Å². The Balaban J connectivity index is 2.56. The average molecular weight is 230 g/mol. The van der Waals surface area contributed by atoms with Crippen molar-refractivity contribution >= 4 is 5.69 Å². The van der Waals surface area contributed by atoms with E-state index in [9.17, 15) is 0 Å². The van der Waals surface area contributed by atoms with E-state index in [4.69, 9.17) is 5.73 Å². The van der Waals surface area contributed by atoms with Crippen molar-refractivity contribution in [2.75, 3.05) is 5.73 Å². The van der Waals surface area contributed by atoms with Gasteiger partial charge in [-0.1, -0.05) is 13.0 Å². The van der Waals surface area contributed by atoms with Gasteiger partial charge in [0.2, 0.25) is 0 Å². The highest BCUT2D eigenvalue weighted by atomic mass is 15.3. The third-order valence-corrected chi connectivity index (χ3v) is 2.85. The van der Waals surface area contributed by atoms with Crippen LogP contribution in [0.2, 0.25) is 0 Å². The molecule has 0 spiro atoms. The van der Waals surface area contributed by atoms with E-state index in [1.54, 1.807) is 6.33 Å². The van der Waals surface area contributed by atoms with Crippen molar-refractivity contribution < 1.29 is 0 Å².